The first kappa shape index (κ1) is 24.8. The predicted octanol–water partition coefficient (Wildman–Crippen LogP) is 3.16. The van der Waals surface area contributed by atoms with Crippen LogP contribution in [0.15, 0.2) is 71.9 Å². The third kappa shape index (κ3) is 4.65. The van der Waals surface area contributed by atoms with Crippen molar-refractivity contribution in [3.05, 3.63) is 77.1 Å². The summed E-state index contributed by atoms with van der Waals surface area (Å²) in [6.07, 6.45) is 5.06. The molecule has 13 heteroatoms. The molecule has 0 radical (unpaired) electrons. The summed E-state index contributed by atoms with van der Waals surface area (Å²) >= 11 is 0. The van der Waals surface area contributed by atoms with Crippen molar-refractivity contribution in [1.29, 1.82) is 0 Å². The second kappa shape index (κ2) is 9.66. The van der Waals surface area contributed by atoms with Gasteiger partial charge in [0.1, 0.15) is 5.82 Å². The van der Waals surface area contributed by atoms with Crippen LogP contribution in [-0.4, -0.2) is 64.9 Å². The molecule has 1 aliphatic heterocycles. The topological polar surface area (TPSA) is 143 Å². The smallest absolute Gasteiger partial charge is 0.289 e. The minimum Gasteiger partial charge on any atom is -0.368 e. The van der Waals surface area contributed by atoms with E-state index in [-0.39, 0.29) is 24.9 Å². The molecular formula is C26H25N7O5S. The number of sulfonamides is 1. The van der Waals surface area contributed by atoms with Crippen molar-refractivity contribution >= 4 is 38.8 Å². The molecule has 1 saturated carbocycles. The van der Waals surface area contributed by atoms with E-state index in [2.05, 4.69) is 10.4 Å². The summed E-state index contributed by atoms with van der Waals surface area (Å²) in [5.74, 6) is 0.551. The Labute approximate surface area is 224 Å². The van der Waals surface area contributed by atoms with Gasteiger partial charge in [0.25, 0.3) is 15.7 Å². The highest BCUT2D eigenvalue weighted by Gasteiger charge is 2.36. The van der Waals surface area contributed by atoms with E-state index in [9.17, 15) is 23.3 Å². The summed E-state index contributed by atoms with van der Waals surface area (Å²) in [5.41, 5.74) is 1.76. The van der Waals surface area contributed by atoms with Crippen LogP contribution in [0.3, 0.4) is 0 Å². The van der Waals surface area contributed by atoms with E-state index in [1.165, 1.54) is 24.3 Å². The fraction of sp³-hybridized carbons (Fsp3) is 0.269. The number of nitro groups is 1. The van der Waals surface area contributed by atoms with E-state index in [0.717, 1.165) is 17.1 Å². The molecule has 2 aliphatic rings. The number of anilines is 2. The number of carbonyl (C=O) groups excluding carboxylic acids is 1. The second-order valence-electron chi connectivity index (χ2n) is 9.52. The molecule has 2 aromatic heterocycles. The summed E-state index contributed by atoms with van der Waals surface area (Å²) in [6, 6.07) is 14.0. The number of nitrogens with one attached hydrogen (secondary N) is 1. The van der Waals surface area contributed by atoms with Gasteiger partial charge in [-0.05, 0) is 42.7 Å². The van der Waals surface area contributed by atoms with Gasteiger partial charge in [-0.25, -0.2) is 17.9 Å². The van der Waals surface area contributed by atoms with E-state index in [1.54, 1.807) is 46.1 Å². The van der Waals surface area contributed by atoms with Gasteiger partial charge in [-0.3, -0.25) is 19.2 Å². The van der Waals surface area contributed by atoms with Crippen molar-refractivity contribution < 1.29 is 18.1 Å². The zero-order chi connectivity index (χ0) is 27.1. The fourth-order valence-corrected chi connectivity index (χ4v) is 6.39. The van der Waals surface area contributed by atoms with Crippen molar-refractivity contribution in [3.63, 3.8) is 0 Å². The SMILES string of the molecule is O=C(C1CC1)N1CCNc2ccn3ncc(c3n2)-c2cccc(c2)N(S(=O)(=O)c2ccccc2[N+](=O)[O-])CC1. The zero-order valence-corrected chi connectivity index (χ0v) is 21.6. The molecule has 0 saturated heterocycles. The van der Waals surface area contributed by atoms with Gasteiger partial charge in [0.05, 0.1) is 23.4 Å². The Morgan fingerprint density at radius 3 is 2.67 bits per heavy atom. The van der Waals surface area contributed by atoms with Gasteiger partial charge in [0.15, 0.2) is 10.5 Å². The van der Waals surface area contributed by atoms with Gasteiger partial charge in [0, 0.05) is 43.4 Å². The maximum Gasteiger partial charge on any atom is 0.289 e. The molecule has 1 aliphatic carbocycles. The third-order valence-electron chi connectivity index (χ3n) is 6.94. The quantitative estimate of drug-likeness (QED) is 0.303. The normalized spacial score (nSPS) is 16.1. The van der Waals surface area contributed by atoms with Crippen LogP contribution in [0.2, 0.25) is 0 Å². The lowest BCUT2D eigenvalue weighted by Crippen LogP contribution is -2.43. The standard InChI is InChI=1S/C26H25N7O5S/c34-26(18-8-9-18)30-13-11-27-24-10-12-31-25(29-24)21(17-28-31)19-4-3-5-20(16-19)32(15-14-30)39(37,38)23-7-2-1-6-22(23)33(35)36/h1-7,10,12,16-18H,8-9,11,13-15H2,(H,27,29). The Bertz CT molecular complexity index is 1700. The minimum atomic E-state index is -4.39. The Morgan fingerprint density at radius 2 is 1.87 bits per heavy atom. The largest absolute Gasteiger partial charge is 0.368 e. The van der Waals surface area contributed by atoms with Crippen LogP contribution in [0.5, 0.6) is 0 Å². The molecule has 4 bridgehead atoms. The summed E-state index contributed by atoms with van der Waals surface area (Å²) in [6.45, 7) is 0.789. The van der Waals surface area contributed by atoms with E-state index in [0.29, 0.717) is 41.4 Å². The molecule has 0 spiro atoms. The number of carbonyl (C=O) groups is 1. The molecule has 0 unspecified atom stereocenters. The number of hydrogen-bond acceptors (Lipinski definition) is 8. The fourth-order valence-electron chi connectivity index (χ4n) is 4.78. The van der Waals surface area contributed by atoms with Gasteiger partial charge in [-0.1, -0.05) is 24.3 Å². The molecule has 3 heterocycles. The van der Waals surface area contributed by atoms with Gasteiger partial charge < -0.3 is 10.2 Å². The summed E-state index contributed by atoms with van der Waals surface area (Å²) in [7, 11) is -4.39. The first-order chi connectivity index (χ1) is 18.8. The average molecular weight is 548 g/mol. The number of para-hydroxylation sites is 1. The summed E-state index contributed by atoms with van der Waals surface area (Å²) < 4.78 is 30.9. The Balaban J connectivity index is 1.50. The summed E-state index contributed by atoms with van der Waals surface area (Å²) in [4.78, 5) is 30.1. The summed E-state index contributed by atoms with van der Waals surface area (Å²) in [5, 5.41) is 19.4. The number of fused-ring (bicyclic) bond motifs is 4. The van der Waals surface area contributed by atoms with E-state index < -0.39 is 25.5 Å². The minimum absolute atomic E-state index is 0.0258. The second-order valence-corrected chi connectivity index (χ2v) is 11.3. The third-order valence-corrected chi connectivity index (χ3v) is 8.82. The van der Waals surface area contributed by atoms with Crippen LogP contribution in [0.25, 0.3) is 16.8 Å². The molecule has 4 aromatic rings. The van der Waals surface area contributed by atoms with Crippen molar-refractivity contribution in [1.82, 2.24) is 19.5 Å². The van der Waals surface area contributed by atoms with Crippen LogP contribution >= 0.6 is 0 Å². The van der Waals surface area contributed by atoms with Crippen LogP contribution in [0, 0.1) is 16.0 Å². The van der Waals surface area contributed by atoms with E-state index >= 15 is 0 Å². The number of aromatic nitrogens is 3. The molecule has 1 fully saturated rings. The van der Waals surface area contributed by atoms with Crippen molar-refractivity contribution in [3.8, 4) is 11.1 Å². The van der Waals surface area contributed by atoms with Crippen LogP contribution < -0.4 is 9.62 Å². The first-order valence-corrected chi connectivity index (χ1v) is 14.0. The highest BCUT2D eigenvalue weighted by Crippen LogP contribution is 2.34. The molecule has 1 amide bonds. The Hall–Kier alpha value is -4.52. The van der Waals surface area contributed by atoms with Gasteiger partial charge >= 0.3 is 0 Å². The maximum atomic E-state index is 14.0. The molecule has 200 valence electrons. The molecule has 12 nitrogen and oxygen atoms in total. The van der Waals surface area contributed by atoms with Gasteiger partial charge in [-0.15, -0.1) is 0 Å². The molecule has 6 rings (SSSR count). The molecule has 2 aromatic carbocycles. The number of benzene rings is 2. The van der Waals surface area contributed by atoms with Crippen molar-refractivity contribution in [2.75, 3.05) is 35.8 Å². The van der Waals surface area contributed by atoms with Crippen LogP contribution in [0.1, 0.15) is 12.8 Å². The van der Waals surface area contributed by atoms with E-state index in [4.69, 9.17) is 4.98 Å². The lowest BCUT2D eigenvalue weighted by atomic mass is 10.1. The number of nitrogens with zero attached hydrogens (tertiary/aromatic N) is 6. The number of nitro benzene ring substituents is 1. The van der Waals surface area contributed by atoms with Crippen molar-refractivity contribution in [2.24, 2.45) is 5.92 Å². The molecule has 0 atom stereocenters. The molecular weight excluding hydrogens is 522 g/mol. The molecule has 1 N–H and O–H groups in total. The lowest BCUT2D eigenvalue weighted by Gasteiger charge is -2.29. The highest BCUT2D eigenvalue weighted by molar-refractivity contribution is 7.93. The maximum absolute atomic E-state index is 14.0. The molecule has 39 heavy (non-hydrogen) atoms. The van der Waals surface area contributed by atoms with Crippen molar-refractivity contribution in [2.45, 2.75) is 17.7 Å². The average Bonchev–Trinajstić information content (AvgIpc) is 3.70. The lowest BCUT2D eigenvalue weighted by molar-refractivity contribution is -0.387. The Kier molecular flexibility index (Phi) is 6.14. The van der Waals surface area contributed by atoms with Crippen LogP contribution in [0.4, 0.5) is 17.2 Å². The monoisotopic (exact) mass is 547 g/mol. The number of rotatable bonds is 4. The number of amides is 1. The van der Waals surface area contributed by atoms with Gasteiger partial charge in [-0.2, -0.15) is 5.10 Å². The number of hydrogen-bond donors (Lipinski definition) is 1. The Morgan fingerprint density at radius 1 is 1.05 bits per heavy atom. The zero-order valence-electron chi connectivity index (χ0n) is 20.8. The first-order valence-electron chi connectivity index (χ1n) is 12.6. The predicted molar refractivity (Wildman–Crippen MR) is 144 cm³/mol. The van der Waals surface area contributed by atoms with E-state index in [1.807, 2.05) is 6.07 Å². The van der Waals surface area contributed by atoms with Gasteiger partial charge in [0.2, 0.25) is 5.91 Å². The highest BCUT2D eigenvalue weighted by atomic mass is 32.2. The van der Waals surface area contributed by atoms with Crippen LogP contribution in [-0.2, 0) is 14.8 Å².